The van der Waals surface area contributed by atoms with E-state index < -0.39 is 10.0 Å². The number of sulfonamides is 1. The van der Waals surface area contributed by atoms with Crippen molar-refractivity contribution in [1.82, 2.24) is 9.97 Å². The number of nitrogens with zero attached hydrogens (tertiary/aromatic N) is 1. The molecule has 0 saturated carbocycles. The number of aromatic nitrogens is 2. The Kier molecular flexibility index (Phi) is 4.43. The molecule has 1 heterocycles. The number of H-pyrrole nitrogens is 1. The van der Waals surface area contributed by atoms with Crippen molar-refractivity contribution in [2.24, 2.45) is 0 Å². The number of halogens is 2. The summed E-state index contributed by atoms with van der Waals surface area (Å²) in [6, 6.07) is 12.4. The predicted molar refractivity (Wildman–Crippen MR) is 96.8 cm³/mol. The summed E-state index contributed by atoms with van der Waals surface area (Å²) in [5.74, 6) is 0.155. The minimum absolute atomic E-state index is 0.155. The number of aromatic amines is 1. The molecular weight excluding hydrogens is 402 g/mol. The summed E-state index contributed by atoms with van der Waals surface area (Å²) in [7, 11) is -3.70. The highest BCUT2D eigenvalue weighted by Gasteiger charge is 2.10. The van der Waals surface area contributed by atoms with Crippen molar-refractivity contribution < 1.29 is 8.42 Å². The lowest BCUT2D eigenvalue weighted by atomic mass is 10.2. The highest BCUT2D eigenvalue weighted by atomic mass is 79.9. The Morgan fingerprint density at radius 1 is 1.22 bits per heavy atom. The van der Waals surface area contributed by atoms with Crippen LogP contribution in [0.4, 0.5) is 5.95 Å². The van der Waals surface area contributed by atoms with Crippen molar-refractivity contribution in [3.05, 3.63) is 62.9 Å². The molecule has 0 aliphatic heterocycles. The topological polar surface area (TPSA) is 74.8 Å². The van der Waals surface area contributed by atoms with E-state index >= 15 is 0 Å². The maximum atomic E-state index is 12.1. The summed E-state index contributed by atoms with van der Waals surface area (Å²) in [6.07, 6.45) is 1.43. The van der Waals surface area contributed by atoms with Crippen molar-refractivity contribution in [3.63, 3.8) is 0 Å². The molecule has 5 nitrogen and oxygen atoms in total. The van der Waals surface area contributed by atoms with E-state index in [0.717, 1.165) is 15.4 Å². The van der Waals surface area contributed by atoms with E-state index in [1.165, 1.54) is 6.08 Å². The van der Waals surface area contributed by atoms with Crippen LogP contribution in [0, 0.1) is 0 Å². The first-order chi connectivity index (χ1) is 10.9. The van der Waals surface area contributed by atoms with Gasteiger partial charge in [-0.15, -0.1) is 0 Å². The Balaban J connectivity index is 1.83. The predicted octanol–water partition coefficient (Wildman–Crippen LogP) is 4.39. The van der Waals surface area contributed by atoms with Gasteiger partial charge in [0.1, 0.15) is 0 Å². The third-order valence-corrected chi connectivity index (χ3v) is 4.82. The summed E-state index contributed by atoms with van der Waals surface area (Å²) in [4.78, 5) is 7.10. The summed E-state index contributed by atoms with van der Waals surface area (Å²) < 4.78 is 27.5. The molecule has 1 aromatic heterocycles. The Hall–Kier alpha value is -1.83. The lowest BCUT2D eigenvalue weighted by Crippen LogP contribution is -2.09. The number of nitrogens with one attached hydrogen (secondary N) is 2. The van der Waals surface area contributed by atoms with Gasteiger partial charge in [0.2, 0.25) is 5.95 Å². The Bertz CT molecular complexity index is 999. The second-order valence-corrected chi connectivity index (χ2v) is 7.61. The molecule has 0 aliphatic carbocycles. The maximum Gasteiger partial charge on any atom is 0.257 e. The van der Waals surface area contributed by atoms with Gasteiger partial charge in [0, 0.05) is 9.50 Å². The lowest BCUT2D eigenvalue weighted by Gasteiger charge is -2.00. The molecule has 0 amide bonds. The number of fused-ring (bicyclic) bond motifs is 1. The fourth-order valence-corrected chi connectivity index (χ4v) is 3.29. The zero-order valence-electron chi connectivity index (χ0n) is 11.6. The Morgan fingerprint density at radius 3 is 2.78 bits per heavy atom. The third kappa shape index (κ3) is 3.93. The number of benzene rings is 2. The standard InChI is InChI=1S/C15H11BrClN3O2S/c16-11-5-6-13-14(9-11)19-15(18-13)20-23(21,22)8-7-10-3-1-2-4-12(10)17/h1-9H,(H2,18,19,20). The Morgan fingerprint density at radius 2 is 2.00 bits per heavy atom. The van der Waals surface area contributed by atoms with E-state index in [4.69, 9.17) is 11.6 Å². The minimum Gasteiger partial charge on any atom is -0.323 e. The number of imidazole rings is 1. The van der Waals surface area contributed by atoms with Crippen LogP contribution in [0.15, 0.2) is 52.3 Å². The number of rotatable bonds is 4. The molecule has 23 heavy (non-hydrogen) atoms. The summed E-state index contributed by atoms with van der Waals surface area (Å²) in [6.45, 7) is 0. The van der Waals surface area contributed by atoms with Gasteiger partial charge in [-0.1, -0.05) is 45.7 Å². The molecule has 2 aromatic carbocycles. The molecule has 3 rings (SSSR count). The van der Waals surface area contributed by atoms with Crippen molar-refractivity contribution >= 4 is 60.6 Å². The van der Waals surface area contributed by atoms with Gasteiger partial charge in [-0.3, -0.25) is 0 Å². The van der Waals surface area contributed by atoms with Gasteiger partial charge >= 0.3 is 0 Å². The van der Waals surface area contributed by atoms with Gasteiger partial charge in [0.25, 0.3) is 10.0 Å². The second kappa shape index (κ2) is 6.35. The molecule has 8 heteroatoms. The van der Waals surface area contributed by atoms with E-state index in [1.807, 2.05) is 12.1 Å². The zero-order chi connectivity index (χ0) is 16.4. The van der Waals surface area contributed by atoms with Crippen LogP contribution in [0.5, 0.6) is 0 Å². The highest BCUT2D eigenvalue weighted by molar-refractivity contribution is 9.10. The van der Waals surface area contributed by atoms with E-state index in [0.29, 0.717) is 16.1 Å². The van der Waals surface area contributed by atoms with Crippen LogP contribution >= 0.6 is 27.5 Å². The average molecular weight is 413 g/mol. The van der Waals surface area contributed by atoms with Gasteiger partial charge < -0.3 is 4.98 Å². The van der Waals surface area contributed by atoms with Crippen LogP contribution in [0.25, 0.3) is 17.1 Å². The third-order valence-electron chi connectivity index (χ3n) is 3.01. The van der Waals surface area contributed by atoms with Crippen LogP contribution in [0.2, 0.25) is 5.02 Å². The van der Waals surface area contributed by atoms with Gasteiger partial charge in [0.15, 0.2) is 0 Å². The largest absolute Gasteiger partial charge is 0.323 e. The molecular formula is C15H11BrClN3O2S. The first kappa shape index (κ1) is 16.0. The lowest BCUT2D eigenvalue weighted by molar-refractivity contribution is 0.609. The zero-order valence-corrected chi connectivity index (χ0v) is 14.8. The number of hydrogen-bond donors (Lipinski definition) is 2. The molecule has 0 aliphatic rings. The van der Waals surface area contributed by atoms with Crippen molar-refractivity contribution in [2.45, 2.75) is 0 Å². The molecule has 0 fully saturated rings. The normalized spacial score (nSPS) is 12.1. The van der Waals surface area contributed by atoms with Gasteiger partial charge in [-0.2, -0.15) is 0 Å². The number of anilines is 1. The molecule has 0 atom stereocenters. The summed E-state index contributed by atoms with van der Waals surface area (Å²) in [5, 5.41) is 1.53. The van der Waals surface area contributed by atoms with Crippen LogP contribution in [0.3, 0.4) is 0 Å². The van der Waals surface area contributed by atoms with Crippen molar-refractivity contribution in [3.8, 4) is 0 Å². The van der Waals surface area contributed by atoms with Crippen LogP contribution in [-0.4, -0.2) is 18.4 Å². The van der Waals surface area contributed by atoms with E-state index in [1.54, 1.807) is 30.3 Å². The van der Waals surface area contributed by atoms with Crippen LogP contribution in [-0.2, 0) is 10.0 Å². The van der Waals surface area contributed by atoms with Gasteiger partial charge in [-0.25, -0.2) is 18.1 Å². The first-order valence-electron chi connectivity index (χ1n) is 6.54. The van der Waals surface area contributed by atoms with Crippen LogP contribution < -0.4 is 4.72 Å². The molecule has 2 N–H and O–H groups in total. The van der Waals surface area contributed by atoms with Gasteiger partial charge in [-0.05, 0) is 35.9 Å². The average Bonchev–Trinajstić information content (AvgIpc) is 2.87. The first-order valence-corrected chi connectivity index (χ1v) is 9.25. The molecule has 0 bridgehead atoms. The quantitative estimate of drug-likeness (QED) is 0.667. The summed E-state index contributed by atoms with van der Waals surface area (Å²) in [5.41, 5.74) is 2.02. The van der Waals surface area contributed by atoms with E-state index in [-0.39, 0.29) is 5.95 Å². The maximum absolute atomic E-state index is 12.1. The molecule has 118 valence electrons. The molecule has 0 saturated heterocycles. The van der Waals surface area contributed by atoms with Crippen molar-refractivity contribution in [1.29, 1.82) is 0 Å². The highest BCUT2D eigenvalue weighted by Crippen LogP contribution is 2.21. The fraction of sp³-hybridized carbons (Fsp3) is 0. The minimum atomic E-state index is -3.70. The SMILES string of the molecule is O=S(=O)(C=Cc1ccccc1Cl)Nc1nc2ccc(Br)cc2[nH]1. The molecule has 0 unspecified atom stereocenters. The monoisotopic (exact) mass is 411 g/mol. The summed E-state index contributed by atoms with van der Waals surface area (Å²) >= 11 is 9.34. The fourth-order valence-electron chi connectivity index (χ4n) is 1.97. The smallest absolute Gasteiger partial charge is 0.257 e. The van der Waals surface area contributed by atoms with Crippen molar-refractivity contribution in [2.75, 3.05) is 4.72 Å². The van der Waals surface area contributed by atoms with E-state index in [9.17, 15) is 8.42 Å². The molecule has 3 aromatic rings. The van der Waals surface area contributed by atoms with Gasteiger partial charge in [0.05, 0.1) is 16.4 Å². The number of hydrogen-bond acceptors (Lipinski definition) is 3. The Labute approximate surface area is 146 Å². The molecule has 0 radical (unpaired) electrons. The van der Waals surface area contributed by atoms with Crippen LogP contribution in [0.1, 0.15) is 5.56 Å². The second-order valence-electron chi connectivity index (χ2n) is 4.72. The van der Waals surface area contributed by atoms with E-state index in [2.05, 4.69) is 30.6 Å². The molecule has 0 spiro atoms.